The van der Waals surface area contributed by atoms with E-state index in [1.165, 1.54) is 0 Å². The van der Waals surface area contributed by atoms with Crippen LogP contribution in [0.5, 0.6) is 0 Å². The minimum absolute atomic E-state index is 0.293. The number of rotatable bonds is 2. The molecule has 0 bridgehead atoms. The van der Waals surface area contributed by atoms with Gasteiger partial charge in [0.25, 0.3) is 5.91 Å². The molecule has 1 N–H and O–H groups in total. The molecule has 0 saturated heterocycles. The Morgan fingerprint density at radius 2 is 1.89 bits per heavy atom. The van der Waals surface area contributed by atoms with Crippen molar-refractivity contribution >= 4 is 34.8 Å². The summed E-state index contributed by atoms with van der Waals surface area (Å²) in [4.78, 5) is 20.3. The molecule has 4 nitrogen and oxygen atoms in total. The second-order valence-corrected chi connectivity index (χ2v) is 4.86. The summed E-state index contributed by atoms with van der Waals surface area (Å²) in [6, 6.07) is 6.47. The fraction of sp³-hybridized carbons (Fsp3) is 0.154. The number of nitrogens with zero attached hydrogens (tertiary/aromatic N) is 2. The molecule has 0 radical (unpaired) electrons. The first-order valence-corrected chi connectivity index (χ1v) is 6.30. The van der Waals surface area contributed by atoms with Crippen molar-refractivity contribution in [3.8, 4) is 0 Å². The molecule has 1 heterocycles. The van der Waals surface area contributed by atoms with Gasteiger partial charge in [-0.05, 0) is 38.1 Å². The molecule has 1 amide bonds. The molecule has 98 valence electrons. The van der Waals surface area contributed by atoms with Crippen molar-refractivity contribution in [3.05, 3.63) is 51.5 Å². The number of benzene rings is 1. The Morgan fingerprint density at radius 1 is 1.16 bits per heavy atom. The van der Waals surface area contributed by atoms with Gasteiger partial charge in [-0.15, -0.1) is 0 Å². The van der Waals surface area contributed by atoms with E-state index in [0.717, 1.165) is 5.69 Å². The number of amides is 1. The monoisotopic (exact) mass is 295 g/mol. The van der Waals surface area contributed by atoms with Crippen LogP contribution in [0.15, 0.2) is 24.3 Å². The Morgan fingerprint density at radius 3 is 2.58 bits per heavy atom. The van der Waals surface area contributed by atoms with Gasteiger partial charge in [0.05, 0.1) is 10.7 Å². The van der Waals surface area contributed by atoms with Gasteiger partial charge in [0.15, 0.2) is 0 Å². The van der Waals surface area contributed by atoms with E-state index >= 15 is 0 Å². The Labute approximate surface area is 120 Å². The summed E-state index contributed by atoms with van der Waals surface area (Å²) in [5, 5.41) is 3.59. The van der Waals surface area contributed by atoms with Crippen LogP contribution in [0.3, 0.4) is 0 Å². The first-order chi connectivity index (χ1) is 8.95. The van der Waals surface area contributed by atoms with Gasteiger partial charge >= 0.3 is 0 Å². The molecule has 0 spiro atoms. The minimum atomic E-state index is -0.349. The molecule has 0 fully saturated rings. The molecule has 0 aliphatic heterocycles. The van der Waals surface area contributed by atoms with Crippen LogP contribution in [-0.2, 0) is 0 Å². The standard InChI is InChI=1S/C13H11Cl2N3O/c1-7-5-12(17-8(2)16-7)13(19)18-11-6-9(14)3-4-10(11)15/h3-6H,1-2H3,(H,18,19). The highest BCUT2D eigenvalue weighted by Gasteiger charge is 2.11. The molecule has 0 saturated carbocycles. The molecule has 6 heteroatoms. The number of hydrogen-bond donors (Lipinski definition) is 1. The lowest BCUT2D eigenvalue weighted by atomic mass is 10.2. The first-order valence-electron chi connectivity index (χ1n) is 5.54. The van der Waals surface area contributed by atoms with Gasteiger partial charge in [-0.25, -0.2) is 9.97 Å². The van der Waals surface area contributed by atoms with E-state index in [1.54, 1.807) is 38.1 Å². The van der Waals surface area contributed by atoms with E-state index in [9.17, 15) is 4.79 Å². The second-order valence-electron chi connectivity index (χ2n) is 4.02. The highest BCUT2D eigenvalue weighted by atomic mass is 35.5. The third-order valence-corrected chi connectivity index (χ3v) is 2.94. The van der Waals surface area contributed by atoms with Gasteiger partial charge in [0.2, 0.25) is 0 Å². The zero-order valence-electron chi connectivity index (χ0n) is 10.4. The van der Waals surface area contributed by atoms with Gasteiger partial charge in [-0.3, -0.25) is 4.79 Å². The third kappa shape index (κ3) is 3.43. The van der Waals surface area contributed by atoms with Crippen LogP contribution < -0.4 is 5.32 Å². The minimum Gasteiger partial charge on any atom is -0.319 e. The summed E-state index contributed by atoms with van der Waals surface area (Å²) >= 11 is 11.8. The first kappa shape index (κ1) is 13.8. The van der Waals surface area contributed by atoms with Gasteiger partial charge < -0.3 is 5.32 Å². The van der Waals surface area contributed by atoms with Gasteiger partial charge in [-0.1, -0.05) is 23.2 Å². The topological polar surface area (TPSA) is 54.9 Å². The lowest BCUT2D eigenvalue weighted by Gasteiger charge is -2.08. The third-order valence-electron chi connectivity index (χ3n) is 2.38. The van der Waals surface area contributed by atoms with Gasteiger partial charge in [0.1, 0.15) is 11.5 Å². The number of nitrogens with one attached hydrogen (secondary N) is 1. The second kappa shape index (κ2) is 5.55. The predicted octanol–water partition coefficient (Wildman–Crippen LogP) is 3.65. The lowest BCUT2D eigenvalue weighted by Crippen LogP contribution is -2.15. The maximum Gasteiger partial charge on any atom is 0.274 e. The van der Waals surface area contributed by atoms with E-state index in [1.807, 2.05) is 0 Å². The van der Waals surface area contributed by atoms with Crippen LogP contribution in [0.1, 0.15) is 22.0 Å². The summed E-state index contributed by atoms with van der Waals surface area (Å²) in [6.45, 7) is 3.54. The quantitative estimate of drug-likeness (QED) is 0.920. The van der Waals surface area contributed by atoms with E-state index in [2.05, 4.69) is 15.3 Å². The summed E-state index contributed by atoms with van der Waals surface area (Å²) in [5.41, 5.74) is 1.48. The van der Waals surface area contributed by atoms with E-state index < -0.39 is 0 Å². The number of hydrogen-bond acceptors (Lipinski definition) is 3. The Bertz CT molecular complexity index is 624. The van der Waals surface area contributed by atoms with E-state index in [0.29, 0.717) is 27.3 Å². The number of anilines is 1. The summed E-state index contributed by atoms with van der Waals surface area (Å²) in [7, 11) is 0. The average Bonchev–Trinajstić information content (AvgIpc) is 2.32. The van der Waals surface area contributed by atoms with Crippen LogP contribution in [0.2, 0.25) is 10.0 Å². The van der Waals surface area contributed by atoms with Crippen LogP contribution >= 0.6 is 23.2 Å². The normalized spacial score (nSPS) is 10.3. The number of aromatic nitrogens is 2. The molecule has 2 aromatic rings. The van der Waals surface area contributed by atoms with Gasteiger partial charge in [0, 0.05) is 10.7 Å². The van der Waals surface area contributed by atoms with Gasteiger partial charge in [-0.2, -0.15) is 0 Å². The molecule has 2 rings (SSSR count). The molecular formula is C13H11Cl2N3O. The van der Waals surface area contributed by atoms with Crippen LogP contribution in [0.4, 0.5) is 5.69 Å². The largest absolute Gasteiger partial charge is 0.319 e. The molecule has 1 aromatic carbocycles. The summed E-state index contributed by atoms with van der Waals surface area (Å²) < 4.78 is 0. The SMILES string of the molecule is Cc1cc(C(=O)Nc2cc(Cl)ccc2Cl)nc(C)n1. The molecule has 0 aliphatic rings. The fourth-order valence-electron chi connectivity index (χ4n) is 1.61. The number of carbonyl (C=O) groups is 1. The number of halogens is 2. The van der Waals surface area contributed by atoms with E-state index in [4.69, 9.17) is 23.2 Å². The average molecular weight is 296 g/mol. The molecule has 0 unspecified atom stereocenters. The Kier molecular flexibility index (Phi) is 4.02. The predicted molar refractivity (Wildman–Crippen MR) is 75.9 cm³/mol. The number of carbonyl (C=O) groups excluding carboxylic acids is 1. The van der Waals surface area contributed by atoms with Crippen molar-refractivity contribution in [2.75, 3.05) is 5.32 Å². The Balaban J connectivity index is 2.28. The van der Waals surface area contributed by atoms with Crippen molar-refractivity contribution < 1.29 is 4.79 Å². The fourth-order valence-corrected chi connectivity index (χ4v) is 1.95. The molecule has 19 heavy (non-hydrogen) atoms. The highest BCUT2D eigenvalue weighted by molar-refractivity contribution is 6.35. The molecule has 0 atom stereocenters. The van der Waals surface area contributed by atoms with Crippen molar-refractivity contribution in [2.24, 2.45) is 0 Å². The number of aryl methyl sites for hydroxylation is 2. The van der Waals surface area contributed by atoms with Crippen molar-refractivity contribution in [1.82, 2.24) is 9.97 Å². The van der Waals surface area contributed by atoms with Crippen molar-refractivity contribution in [3.63, 3.8) is 0 Å². The smallest absolute Gasteiger partial charge is 0.274 e. The lowest BCUT2D eigenvalue weighted by molar-refractivity contribution is 0.102. The van der Waals surface area contributed by atoms with E-state index in [-0.39, 0.29) is 5.91 Å². The summed E-state index contributed by atoms with van der Waals surface area (Å²) in [6.07, 6.45) is 0. The summed E-state index contributed by atoms with van der Waals surface area (Å²) in [5.74, 6) is 0.195. The molecule has 0 aliphatic carbocycles. The molecular weight excluding hydrogens is 285 g/mol. The maximum atomic E-state index is 12.1. The van der Waals surface area contributed by atoms with Crippen LogP contribution in [-0.4, -0.2) is 15.9 Å². The van der Waals surface area contributed by atoms with Crippen LogP contribution in [0.25, 0.3) is 0 Å². The zero-order chi connectivity index (χ0) is 14.0. The van der Waals surface area contributed by atoms with Crippen LogP contribution in [0, 0.1) is 13.8 Å². The van der Waals surface area contributed by atoms with Crippen molar-refractivity contribution in [2.45, 2.75) is 13.8 Å². The van der Waals surface area contributed by atoms with Crippen molar-refractivity contribution in [1.29, 1.82) is 0 Å². The Hall–Kier alpha value is -1.65. The highest BCUT2D eigenvalue weighted by Crippen LogP contribution is 2.25. The maximum absolute atomic E-state index is 12.1. The molecule has 1 aromatic heterocycles. The zero-order valence-corrected chi connectivity index (χ0v) is 11.9.